The molecule has 1 saturated carbocycles. The number of rotatable bonds is 2. The van der Waals surface area contributed by atoms with Crippen LogP contribution in [-0.2, 0) is 6.42 Å². The Kier molecular flexibility index (Phi) is 2.39. The van der Waals surface area contributed by atoms with Crippen LogP contribution in [0.25, 0.3) is 0 Å². The van der Waals surface area contributed by atoms with Gasteiger partial charge in [-0.25, -0.2) is 4.39 Å². The summed E-state index contributed by atoms with van der Waals surface area (Å²) in [6, 6.07) is 1.38. The molecule has 1 aromatic rings. The van der Waals surface area contributed by atoms with Crippen LogP contribution in [0.2, 0.25) is 0 Å². The molecule has 0 saturated heterocycles. The predicted octanol–water partition coefficient (Wildman–Crippen LogP) is 2.07. The Morgan fingerprint density at radius 3 is 2.47 bits per heavy atom. The van der Waals surface area contributed by atoms with Gasteiger partial charge >= 0.3 is 0 Å². The van der Waals surface area contributed by atoms with E-state index in [0.29, 0.717) is 18.4 Å². The number of phenols is 2. The second kappa shape index (κ2) is 3.35. The average molecular weight is 277 g/mol. The zero-order valence-electron chi connectivity index (χ0n) is 7.80. The van der Waals surface area contributed by atoms with E-state index in [0.717, 1.165) is 0 Å². The van der Waals surface area contributed by atoms with Crippen molar-refractivity contribution in [2.24, 2.45) is 0 Å². The number of phenolic OH excluding ortho intramolecular Hbond substituents is 2. The normalized spacial score (nSPS) is 17.8. The molecule has 3 nitrogen and oxygen atoms in total. The summed E-state index contributed by atoms with van der Waals surface area (Å²) in [5, 5.41) is 28.4. The Labute approximate surface area is 94.3 Å². The quantitative estimate of drug-likeness (QED) is 0.725. The molecule has 0 amide bonds. The van der Waals surface area contributed by atoms with Crippen LogP contribution in [0, 0.1) is 5.82 Å². The average Bonchev–Trinajstić information content (AvgIpc) is 2.89. The van der Waals surface area contributed by atoms with Gasteiger partial charge in [-0.05, 0) is 34.8 Å². The van der Waals surface area contributed by atoms with Crippen molar-refractivity contribution < 1.29 is 19.7 Å². The first kappa shape index (κ1) is 10.7. The maximum absolute atomic E-state index is 13.1. The lowest BCUT2D eigenvalue weighted by molar-refractivity contribution is 0.149. The van der Waals surface area contributed by atoms with Crippen LogP contribution >= 0.6 is 15.9 Å². The van der Waals surface area contributed by atoms with E-state index in [1.807, 2.05) is 0 Å². The van der Waals surface area contributed by atoms with Gasteiger partial charge in [0, 0.05) is 12.0 Å². The third-order valence-electron chi connectivity index (χ3n) is 2.59. The molecule has 2 rings (SSSR count). The van der Waals surface area contributed by atoms with Crippen molar-refractivity contribution in [3.63, 3.8) is 0 Å². The number of hydrogen-bond donors (Lipinski definition) is 3. The highest BCUT2D eigenvalue weighted by molar-refractivity contribution is 9.10. The summed E-state index contributed by atoms with van der Waals surface area (Å²) < 4.78 is 13.2. The van der Waals surface area contributed by atoms with Crippen molar-refractivity contribution in [2.75, 3.05) is 0 Å². The van der Waals surface area contributed by atoms with E-state index in [4.69, 9.17) is 0 Å². The molecule has 0 bridgehead atoms. The predicted molar refractivity (Wildman–Crippen MR) is 55.3 cm³/mol. The number of halogens is 2. The molecule has 0 heterocycles. The fourth-order valence-corrected chi connectivity index (χ4v) is 1.93. The fraction of sp³-hybridized carbons (Fsp3) is 0.400. The molecule has 0 spiro atoms. The van der Waals surface area contributed by atoms with Crippen molar-refractivity contribution in [2.45, 2.75) is 24.9 Å². The van der Waals surface area contributed by atoms with Gasteiger partial charge in [0.25, 0.3) is 0 Å². The van der Waals surface area contributed by atoms with Gasteiger partial charge in [0.05, 0.1) is 10.1 Å². The summed E-state index contributed by atoms with van der Waals surface area (Å²) in [5.74, 6) is -2.15. The summed E-state index contributed by atoms with van der Waals surface area (Å²) in [7, 11) is 0. The topological polar surface area (TPSA) is 60.7 Å². The largest absolute Gasteiger partial charge is 0.504 e. The molecule has 5 heteroatoms. The Hall–Kier alpha value is -0.810. The number of benzene rings is 1. The highest BCUT2D eigenvalue weighted by Crippen LogP contribution is 2.43. The number of hydrogen-bond acceptors (Lipinski definition) is 3. The third kappa shape index (κ3) is 1.94. The Morgan fingerprint density at radius 1 is 1.33 bits per heavy atom. The van der Waals surface area contributed by atoms with Gasteiger partial charge in [-0.3, -0.25) is 0 Å². The SMILES string of the molecule is Oc1c(CC2(O)CC2)cc(Br)c(F)c1O. The van der Waals surface area contributed by atoms with Crippen LogP contribution < -0.4 is 0 Å². The van der Waals surface area contributed by atoms with Crippen LogP contribution in [-0.4, -0.2) is 20.9 Å². The van der Waals surface area contributed by atoms with E-state index in [2.05, 4.69) is 15.9 Å². The molecule has 0 aliphatic heterocycles. The lowest BCUT2D eigenvalue weighted by atomic mass is 10.0. The van der Waals surface area contributed by atoms with Gasteiger partial charge in [-0.15, -0.1) is 0 Å². The Balaban J connectivity index is 2.39. The molecule has 0 atom stereocenters. The minimum absolute atomic E-state index is 0.0806. The molecule has 1 aromatic carbocycles. The summed E-state index contributed by atoms with van der Waals surface area (Å²) in [6.07, 6.45) is 1.57. The van der Waals surface area contributed by atoms with E-state index < -0.39 is 22.9 Å². The monoisotopic (exact) mass is 276 g/mol. The number of aromatic hydroxyl groups is 2. The smallest absolute Gasteiger partial charge is 0.195 e. The number of aliphatic hydroxyl groups is 1. The van der Waals surface area contributed by atoms with Crippen LogP contribution in [0.15, 0.2) is 10.5 Å². The van der Waals surface area contributed by atoms with Gasteiger partial charge in [-0.1, -0.05) is 0 Å². The highest BCUT2D eigenvalue weighted by atomic mass is 79.9. The zero-order valence-corrected chi connectivity index (χ0v) is 9.38. The minimum Gasteiger partial charge on any atom is -0.504 e. The Bertz CT molecular complexity index is 416. The van der Waals surface area contributed by atoms with Gasteiger partial charge in [0.15, 0.2) is 17.3 Å². The lowest BCUT2D eigenvalue weighted by Gasteiger charge is -2.11. The highest BCUT2D eigenvalue weighted by Gasteiger charge is 2.41. The van der Waals surface area contributed by atoms with Crippen molar-refractivity contribution in [3.8, 4) is 11.5 Å². The van der Waals surface area contributed by atoms with E-state index in [1.54, 1.807) is 0 Å². The van der Waals surface area contributed by atoms with Crippen molar-refractivity contribution in [1.29, 1.82) is 0 Å². The summed E-state index contributed by atoms with van der Waals surface area (Å²) in [5.41, 5.74) is -0.443. The van der Waals surface area contributed by atoms with Crippen LogP contribution in [0.5, 0.6) is 11.5 Å². The van der Waals surface area contributed by atoms with Gasteiger partial charge in [-0.2, -0.15) is 0 Å². The molecule has 0 unspecified atom stereocenters. The molecular weight excluding hydrogens is 267 g/mol. The van der Waals surface area contributed by atoms with Crippen molar-refractivity contribution in [1.82, 2.24) is 0 Å². The van der Waals surface area contributed by atoms with E-state index in [-0.39, 0.29) is 10.9 Å². The van der Waals surface area contributed by atoms with Crippen molar-refractivity contribution >= 4 is 15.9 Å². The molecule has 1 aliphatic carbocycles. The summed E-state index contributed by atoms with van der Waals surface area (Å²) in [6.45, 7) is 0. The molecule has 0 aromatic heterocycles. The second-order valence-electron chi connectivity index (χ2n) is 3.93. The molecule has 82 valence electrons. The molecular formula is C10H10BrFO3. The second-order valence-corrected chi connectivity index (χ2v) is 4.78. The van der Waals surface area contributed by atoms with E-state index >= 15 is 0 Å². The van der Waals surface area contributed by atoms with E-state index in [1.165, 1.54) is 6.07 Å². The third-order valence-corrected chi connectivity index (χ3v) is 3.17. The van der Waals surface area contributed by atoms with Crippen LogP contribution in [0.3, 0.4) is 0 Å². The minimum atomic E-state index is -0.890. The first-order valence-corrected chi connectivity index (χ1v) is 5.33. The first-order valence-electron chi connectivity index (χ1n) is 4.54. The van der Waals surface area contributed by atoms with Gasteiger partial charge in [0.2, 0.25) is 0 Å². The lowest BCUT2D eigenvalue weighted by Crippen LogP contribution is -2.11. The van der Waals surface area contributed by atoms with E-state index in [9.17, 15) is 19.7 Å². The zero-order chi connectivity index (χ0) is 11.2. The van der Waals surface area contributed by atoms with Crippen LogP contribution in [0.4, 0.5) is 4.39 Å². The van der Waals surface area contributed by atoms with Gasteiger partial charge in [0.1, 0.15) is 0 Å². The summed E-state index contributed by atoms with van der Waals surface area (Å²) >= 11 is 2.93. The molecule has 1 aliphatic rings. The standard InChI is InChI=1S/C10H10BrFO3/c11-6-3-5(4-10(15)1-2-10)8(13)9(14)7(6)12/h3,13-15H,1-2,4H2. The molecule has 15 heavy (non-hydrogen) atoms. The molecule has 3 N–H and O–H groups in total. The Morgan fingerprint density at radius 2 is 1.93 bits per heavy atom. The van der Waals surface area contributed by atoms with Gasteiger partial charge < -0.3 is 15.3 Å². The fourth-order valence-electron chi connectivity index (χ4n) is 1.46. The maximum Gasteiger partial charge on any atom is 0.195 e. The summed E-state index contributed by atoms with van der Waals surface area (Å²) in [4.78, 5) is 0. The van der Waals surface area contributed by atoms with Crippen molar-refractivity contribution in [3.05, 3.63) is 21.9 Å². The molecule has 1 fully saturated rings. The van der Waals surface area contributed by atoms with Crippen LogP contribution in [0.1, 0.15) is 18.4 Å². The molecule has 0 radical (unpaired) electrons. The first-order chi connectivity index (χ1) is 6.93. The maximum atomic E-state index is 13.1.